The van der Waals surface area contributed by atoms with E-state index in [-0.39, 0.29) is 29.1 Å². The Morgan fingerprint density at radius 3 is 2.85 bits per heavy atom. The lowest BCUT2D eigenvalue weighted by molar-refractivity contribution is -0.384. The van der Waals surface area contributed by atoms with E-state index >= 15 is 0 Å². The maximum Gasteiger partial charge on any atom is 0.276 e. The Hall–Kier alpha value is -1.89. The molecule has 1 fully saturated rings. The number of hydrogen-bond acceptors (Lipinski definition) is 6. The molecular weight excluding hydrogens is 260 g/mol. The van der Waals surface area contributed by atoms with Gasteiger partial charge in [-0.05, 0) is 13.3 Å². The molecule has 7 nitrogen and oxygen atoms in total. The van der Waals surface area contributed by atoms with E-state index in [4.69, 9.17) is 10.5 Å². The third kappa shape index (κ3) is 2.67. The Morgan fingerprint density at radius 1 is 1.60 bits per heavy atom. The van der Waals surface area contributed by atoms with Crippen LogP contribution < -0.4 is 11.1 Å². The Balaban J connectivity index is 2.10. The molecule has 0 spiro atoms. The van der Waals surface area contributed by atoms with Crippen molar-refractivity contribution in [1.82, 2.24) is 4.98 Å². The zero-order valence-corrected chi connectivity index (χ0v) is 11.9. The molecule has 1 heterocycles. The average Bonchev–Trinajstić information content (AvgIpc) is 2.37. The van der Waals surface area contributed by atoms with E-state index in [2.05, 4.69) is 24.1 Å². The second kappa shape index (κ2) is 5.24. The Bertz CT molecular complexity index is 518. The summed E-state index contributed by atoms with van der Waals surface area (Å²) in [6, 6.07) is 2.81. The van der Waals surface area contributed by atoms with Gasteiger partial charge in [0.2, 0.25) is 0 Å². The highest BCUT2D eigenvalue weighted by Crippen LogP contribution is 2.44. The number of hydrogen-bond donors (Lipinski definition) is 2. The number of rotatable bonds is 5. The number of nitrogen functional groups attached to an aromatic ring is 1. The first-order valence-corrected chi connectivity index (χ1v) is 6.64. The first kappa shape index (κ1) is 14.5. The molecule has 1 aliphatic carbocycles. The van der Waals surface area contributed by atoms with Crippen molar-refractivity contribution in [2.45, 2.75) is 39.3 Å². The number of ether oxygens (including phenoxy) is 1. The van der Waals surface area contributed by atoms with Gasteiger partial charge in [-0.1, -0.05) is 13.8 Å². The summed E-state index contributed by atoms with van der Waals surface area (Å²) in [5.41, 5.74) is 5.49. The number of nitro groups is 1. The quantitative estimate of drug-likeness (QED) is 0.633. The van der Waals surface area contributed by atoms with E-state index in [0.29, 0.717) is 12.4 Å². The van der Waals surface area contributed by atoms with Gasteiger partial charge in [-0.3, -0.25) is 10.1 Å². The lowest BCUT2D eigenvalue weighted by Gasteiger charge is -2.51. The van der Waals surface area contributed by atoms with E-state index in [1.54, 1.807) is 0 Å². The van der Waals surface area contributed by atoms with Gasteiger partial charge < -0.3 is 15.8 Å². The monoisotopic (exact) mass is 280 g/mol. The van der Waals surface area contributed by atoms with Gasteiger partial charge in [0.25, 0.3) is 5.69 Å². The van der Waals surface area contributed by atoms with Gasteiger partial charge in [0, 0.05) is 18.1 Å². The number of anilines is 2. The zero-order valence-electron chi connectivity index (χ0n) is 11.9. The molecule has 2 rings (SSSR count). The van der Waals surface area contributed by atoms with Crippen LogP contribution in [-0.4, -0.2) is 28.7 Å². The van der Waals surface area contributed by atoms with Crippen LogP contribution >= 0.6 is 0 Å². The molecule has 0 saturated heterocycles. The van der Waals surface area contributed by atoms with Crippen LogP contribution in [0.1, 0.15) is 27.2 Å². The highest BCUT2D eigenvalue weighted by atomic mass is 16.6. The number of nitrogens with two attached hydrogens (primary N) is 1. The maximum atomic E-state index is 10.8. The third-order valence-corrected chi connectivity index (χ3v) is 3.91. The summed E-state index contributed by atoms with van der Waals surface area (Å²) >= 11 is 0. The molecule has 1 aliphatic rings. The minimum atomic E-state index is -0.474. The molecule has 0 bridgehead atoms. The molecule has 1 aromatic heterocycles. The van der Waals surface area contributed by atoms with Crippen LogP contribution in [0.2, 0.25) is 0 Å². The van der Waals surface area contributed by atoms with E-state index in [1.807, 2.05) is 6.92 Å². The molecule has 1 aromatic rings. The molecular formula is C13H20N4O3. The summed E-state index contributed by atoms with van der Waals surface area (Å²) < 4.78 is 5.65. The van der Waals surface area contributed by atoms with Crippen molar-refractivity contribution in [3.05, 3.63) is 22.2 Å². The maximum absolute atomic E-state index is 10.8. The largest absolute Gasteiger partial charge is 0.383 e. The van der Waals surface area contributed by atoms with Crippen LogP contribution in [0.15, 0.2) is 12.1 Å². The van der Waals surface area contributed by atoms with Crippen molar-refractivity contribution in [1.29, 1.82) is 0 Å². The van der Waals surface area contributed by atoms with Crippen molar-refractivity contribution in [3.8, 4) is 0 Å². The number of pyridine rings is 1. The highest BCUT2D eigenvalue weighted by molar-refractivity contribution is 5.53. The molecule has 0 radical (unpaired) electrons. The van der Waals surface area contributed by atoms with Crippen LogP contribution in [0.3, 0.4) is 0 Å². The second-order valence-corrected chi connectivity index (χ2v) is 5.59. The SMILES string of the molecule is CCOC1CC(Nc2cc([N+](=O)[O-])cc(N)n2)C1(C)C. The van der Waals surface area contributed by atoms with Gasteiger partial charge in [-0.2, -0.15) is 0 Å². The standard InChI is InChI=1S/C13H20N4O3/c1-4-20-10-7-9(13(10,2)3)15-12-6-8(17(18)19)5-11(14)16-12/h5-6,9-10H,4,7H2,1-3H3,(H3,14,15,16). The van der Waals surface area contributed by atoms with Crippen molar-refractivity contribution in [3.63, 3.8) is 0 Å². The number of nitrogens with zero attached hydrogens (tertiary/aromatic N) is 2. The van der Waals surface area contributed by atoms with Crippen LogP contribution in [0.5, 0.6) is 0 Å². The molecule has 0 aromatic carbocycles. The topological polar surface area (TPSA) is 103 Å². The lowest BCUT2D eigenvalue weighted by atomic mass is 9.64. The van der Waals surface area contributed by atoms with Crippen molar-refractivity contribution in [2.75, 3.05) is 17.7 Å². The molecule has 2 atom stereocenters. The molecule has 0 aliphatic heterocycles. The Labute approximate surface area is 117 Å². The lowest BCUT2D eigenvalue weighted by Crippen LogP contribution is -2.58. The fraction of sp³-hybridized carbons (Fsp3) is 0.615. The summed E-state index contributed by atoms with van der Waals surface area (Å²) in [5.74, 6) is 0.574. The van der Waals surface area contributed by atoms with E-state index in [9.17, 15) is 10.1 Å². The normalized spacial score (nSPS) is 23.9. The minimum Gasteiger partial charge on any atom is -0.383 e. The second-order valence-electron chi connectivity index (χ2n) is 5.59. The molecule has 0 amide bonds. The molecule has 2 unspecified atom stereocenters. The number of aromatic nitrogens is 1. The molecule has 110 valence electrons. The number of nitrogens with one attached hydrogen (secondary N) is 1. The fourth-order valence-electron chi connectivity index (χ4n) is 2.51. The van der Waals surface area contributed by atoms with Gasteiger partial charge in [0.05, 0.1) is 23.2 Å². The van der Waals surface area contributed by atoms with Crippen LogP contribution in [0, 0.1) is 15.5 Å². The predicted molar refractivity (Wildman–Crippen MR) is 76.5 cm³/mol. The summed E-state index contributed by atoms with van der Waals surface area (Å²) in [4.78, 5) is 14.4. The summed E-state index contributed by atoms with van der Waals surface area (Å²) in [6.45, 7) is 6.87. The summed E-state index contributed by atoms with van der Waals surface area (Å²) in [6.07, 6.45) is 1.05. The van der Waals surface area contributed by atoms with E-state index in [1.165, 1.54) is 12.1 Å². The van der Waals surface area contributed by atoms with Crippen LogP contribution in [0.25, 0.3) is 0 Å². The van der Waals surface area contributed by atoms with E-state index < -0.39 is 4.92 Å². The highest BCUT2D eigenvalue weighted by Gasteiger charge is 2.49. The van der Waals surface area contributed by atoms with Gasteiger partial charge in [-0.25, -0.2) is 4.98 Å². The Morgan fingerprint density at radius 2 is 2.30 bits per heavy atom. The van der Waals surface area contributed by atoms with Gasteiger partial charge in [0.1, 0.15) is 11.6 Å². The van der Waals surface area contributed by atoms with Crippen molar-refractivity contribution >= 4 is 17.3 Å². The smallest absolute Gasteiger partial charge is 0.276 e. The van der Waals surface area contributed by atoms with Gasteiger partial charge in [-0.15, -0.1) is 0 Å². The summed E-state index contributed by atoms with van der Waals surface area (Å²) in [5, 5.41) is 14.0. The average molecular weight is 280 g/mol. The van der Waals surface area contributed by atoms with E-state index in [0.717, 1.165) is 6.42 Å². The first-order valence-electron chi connectivity index (χ1n) is 6.64. The van der Waals surface area contributed by atoms with Crippen LogP contribution in [0.4, 0.5) is 17.3 Å². The minimum absolute atomic E-state index is 0.0446. The molecule has 20 heavy (non-hydrogen) atoms. The van der Waals surface area contributed by atoms with Gasteiger partial charge in [0.15, 0.2) is 0 Å². The van der Waals surface area contributed by atoms with Crippen LogP contribution in [-0.2, 0) is 4.74 Å². The van der Waals surface area contributed by atoms with Crippen molar-refractivity contribution in [2.24, 2.45) is 5.41 Å². The molecule has 3 N–H and O–H groups in total. The first-order chi connectivity index (χ1) is 9.34. The predicted octanol–water partition coefficient (Wildman–Crippen LogP) is 2.19. The summed E-state index contributed by atoms with van der Waals surface area (Å²) in [7, 11) is 0. The van der Waals surface area contributed by atoms with Crippen molar-refractivity contribution < 1.29 is 9.66 Å². The zero-order chi connectivity index (χ0) is 14.9. The molecule has 1 saturated carbocycles. The Kier molecular flexibility index (Phi) is 3.80. The van der Waals surface area contributed by atoms with Gasteiger partial charge >= 0.3 is 0 Å². The third-order valence-electron chi connectivity index (χ3n) is 3.91. The molecule has 7 heteroatoms. The fourth-order valence-corrected chi connectivity index (χ4v) is 2.51.